The predicted molar refractivity (Wildman–Crippen MR) is 61.0 cm³/mol. The molecule has 1 aromatic carbocycles. The minimum atomic E-state index is -4.40. The minimum Gasteiger partial charge on any atom is -0.352 e. The van der Waals surface area contributed by atoms with Gasteiger partial charge in [-0.25, -0.2) is 0 Å². The molecule has 0 unspecified atom stereocenters. The lowest BCUT2D eigenvalue weighted by Gasteiger charge is -2.11. The topological polar surface area (TPSA) is 29.1 Å². The van der Waals surface area contributed by atoms with E-state index in [1.807, 2.05) is 0 Å². The van der Waals surface area contributed by atoms with Gasteiger partial charge in [-0.2, -0.15) is 13.2 Å². The van der Waals surface area contributed by atoms with Gasteiger partial charge in [-0.05, 0) is 36.6 Å². The van der Waals surface area contributed by atoms with Gasteiger partial charge >= 0.3 is 6.18 Å². The third-order valence-electron chi connectivity index (χ3n) is 2.77. The molecule has 1 N–H and O–H groups in total. The first kappa shape index (κ1) is 13.2. The second kappa shape index (κ2) is 4.80. The number of amides is 1. The summed E-state index contributed by atoms with van der Waals surface area (Å²) >= 11 is 5.81. The first-order valence-electron chi connectivity index (χ1n) is 5.51. The van der Waals surface area contributed by atoms with Crippen molar-refractivity contribution in [3.8, 4) is 0 Å². The number of hydrogen-bond donors (Lipinski definition) is 1. The highest BCUT2D eigenvalue weighted by Crippen LogP contribution is 2.32. The summed E-state index contributed by atoms with van der Waals surface area (Å²) in [4.78, 5) is 11.4. The number of alkyl halides is 3. The van der Waals surface area contributed by atoms with Crippen molar-refractivity contribution in [1.29, 1.82) is 0 Å². The molecule has 2 rings (SSSR count). The standard InChI is InChI=1S/C12H11ClF3NO/c13-10-4-3-9(12(14,15)16)5-8(10)6-17-11(18)7-1-2-7/h3-5,7H,1-2,6H2,(H,17,18). The molecule has 1 amide bonds. The third kappa shape index (κ3) is 3.16. The van der Waals surface area contributed by atoms with E-state index in [9.17, 15) is 18.0 Å². The van der Waals surface area contributed by atoms with Crippen LogP contribution in [0.3, 0.4) is 0 Å². The minimum absolute atomic E-state index is 0.0228. The monoisotopic (exact) mass is 277 g/mol. The summed E-state index contributed by atoms with van der Waals surface area (Å²) in [5.41, 5.74) is -0.483. The molecular formula is C12H11ClF3NO. The Morgan fingerprint density at radius 2 is 2.06 bits per heavy atom. The largest absolute Gasteiger partial charge is 0.416 e. The highest BCUT2D eigenvalue weighted by molar-refractivity contribution is 6.31. The quantitative estimate of drug-likeness (QED) is 0.901. The molecule has 18 heavy (non-hydrogen) atoms. The molecular weight excluding hydrogens is 267 g/mol. The number of rotatable bonds is 3. The number of carbonyl (C=O) groups is 1. The Morgan fingerprint density at radius 1 is 1.39 bits per heavy atom. The molecule has 0 heterocycles. The fourth-order valence-corrected chi connectivity index (χ4v) is 1.74. The molecule has 6 heteroatoms. The van der Waals surface area contributed by atoms with Crippen molar-refractivity contribution in [2.24, 2.45) is 5.92 Å². The van der Waals surface area contributed by atoms with Gasteiger partial charge in [-0.3, -0.25) is 4.79 Å². The maximum Gasteiger partial charge on any atom is 0.416 e. The van der Waals surface area contributed by atoms with Crippen LogP contribution in [0.25, 0.3) is 0 Å². The fraction of sp³-hybridized carbons (Fsp3) is 0.417. The summed E-state index contributed by atoms with van der Waals surface area (Å²) in [7, 11) is 0. The third-order valence-corrected chi connectivity index (χ3v) is 3.14. The first-order valence-corrected chi connectivity index (χ1v) is 5.89. The van der Waals surface area contributed by atoms with Gasteiger partial charge in [-0.1, -0.05) is 11.6 Å². The smallest absolute Gasteiger partial charge is 0.352 e. The molecule has 1 fully saturated rings. The van der Waals surface area contributed by atoms with Crippen molar-refractivity contribution in [3.63, 3.8) is 0 Å². The van der Waals surface area contributed by atoms with E-state index in [0.29, 0.717) is 0 Å². The van der Waals surface area contributed by atoms with Gasteiger partial charge < -0.3 is 5.32 Å². The predicted octanol–water partition coefficient (Wildman–Crippen LogP) is 3.39. The average Bonchev–Trinajstić information content (AvgIpc) is 3.09. The lowest BCUT2D eigenvalue weighted by atomic mass is 10.1. The van der Waals surface area contributed by atoms with Crippen molar-refractivity contribution < 1.29 is 18.0 Å². The Hall–Kier alpha value is -1.23. The van der Waals surface area contributed by atoms with Crippen LogP contribution in [0, 0.1) is 5.92 Å². The van der Waals surface area contributed by atoms with Gasteiger partial charge in [0.1, 0.15) is 0 Å². The normalized spacial score (nSPS) is 15.6. The van der Waals surface area contributed by atoms with Crippen molar-refractivity contribution in [3.05, 3.63) is 34.3 Å². The Balaban J connectivity index is 2.08. The molecule has 2 nitrogen and oxygen atoms in total. The van der Waals surface area contributed by atoms with Gasteiger partial charge in [0.15, 0.2) is 0 Å². The van der Waals surface area contributed by atoms with E-state index in [1.165, 1.54) is 6.07 Å². The summed E-state index contributed by atoms with van der Waals surface area (Å²) < 4.78 is 37.5. The molecule has 0 spiro atoms. The zero-order valence-electron chi connectivity index (χ0n) is 9.35. The lowest BCUT2D eigenvalue weighted by Crippen LogP contribution is -2.24. The van der Waals surface area contributed by atoms with Crippen LogP contribution in [-0.2, 0) is 17.5 Å². The first-order chi connectivity index (χ1) is 8.38. The van der Waals surface area contributed by atoms with Gasteiger partial charge in [-0.15, -0.1) is 0 Å². The van der Waals surface area contributed by atoms with Crippen LogP contribution < -0.4 is 5.32 Å². The number of benzene rings is 1. The molecule has 0 atom stereocenters. The van der Waals surface area contributed by atoms with E-state index in [-0.39, 0.29) is 29.0 Å². The molecule has 0 saturated heterocycles. The molecule has 1 aliphatic carbocycles. The number of carbonyl (C=O) groups excluding carboxylic acids is 1. The SMILES string of the molecule is O=C(NCc1cc(C(F)(F)F)ccc1Cl)C1CC1. The molecule has 0 radical (unpaired) electrons. The second-order valence-electron chi connectivity index (χ2n) is 4.30. The number of hydrogen-bond acceptors (Lipinski definition) is 1. The van der Waals surface area contributed by atoms with Gasteiger partial charge in [0.2, 0.25) is 5.91 Å². The van der Waals surface area contributed by atoms with Crippen LogP contribution in [0.2, 0.25) is 5.02 Å². The molecule has 1 aliphatic rings. The van der Waals surface area contributed by atoms with Crippen LogP contribution in [0.4, 0.5) is 13.2 Å². The summed E-state index contributed by atoms with van der Waals surface area (Å²) in [6, 6.07) is 3.09. The fourth-order valence-electron chi connectivity index (χ4n) is 1.56. The lowest BCUT2D eigenvalue weighted by molar-refractivity contribution is -0.137. The average molecular weight is 278 g/mol. The summed E-state index contributed by atoms with van der Waals surface area (Å²) in [5, 5.41) is 2.81. The van der Waals surface area contributed by atoms with Gasteiger partial charge in [0.05, 0.1) is 5.56 Å². The Morgan fingerprint density at radius 3 is 2.61 bits per heavy atom. The van der Waals surface area contributed by atoms with Gasteiger partial charge in [0.25, 0.3) is 0 Å². The zero-order valence-corrected chi connectivity index (χ0v) is 10.1. The molecule has 1 aromatic rings. The van der Waals surface area contributed by atoms with E-state index in [1.54, 1.807) is 0 Å². The van der Waals surface area contributed by atoms with E-state index in [0.717, 1.165) is 25.0 Å². The van der Waals surface area contributed by atoms with Crippen molar-refractivity contribution >= 4 is 17.5 Å². The summed E-state index contributed by atoms with van der Waals surface area (Å²) in [5.74, 6) is -0.0990. The van der Waals surface area contributed by atoms with Crippen molar-refractivity contribution in [2.75, 3.05) is 0 Å². The van der Waals surface area contributed by atoms with E-state index >= 15 is 0 Å². The number of nitrogens with one attached hydrogen (secondary N) is 1. The molecule has 0 bridgehead atoms. The van der Waals surface area contributed by atoms with Crippen LogP contribution in [0.5, 0.6) is 0 Å². The van der Waals surface area contributed by atoms with Crippen molar-refractivity contribution in [1.82, 2.24) is 5.32 Å². The molecule has 98 valence electrons. The maximum atomic E-state index is 12.5. The number of halogens is 4. The van der Waals surface area contributed by atoms with Gasteiger partial charge in [0, 0.05) is 17.5 Å². The van der Waals surface area contributed by atoms with E-state index in [2.05, 4.69) is 5.32 Å². The molecule has 0 aliphatic heterocycles. The Kier molecular flexibility index (Phi) is 3.52. The summed E-state index contributed by atoms with van der Waals surface area (Å²) in [6.07, 6.45) is -2.70. The van der Waals surface area contributed by atoms with Crippen LogP contribution in [0.15, 0.2) is 18.2 Å². The Bertz CT molecular complexity index is 469. The summed E-state index contributed by atoms with van der Waals surface area (Å²) in [6.45, 7) is 0.0259. The Labute approximate surface area is 107 Å². The van der Waals surface area contributed by atoms with Crippen LogP contribution in [0.1, 0.15) is 24.0 Å². The highest BCUT2D eigenvalue weighted by Gasteiger charge is 2.31. The molecule has 0 aromatic heterocycles. The molecule has 1 saturated carbocycles. The second-order valence-corrected chi connectivity index (χ2v) is 4.70. The van der Waals surface area contributed by atoms with Crippen LogP contribution in [-0.4, -0.2) is 5.91 Å². The zero-order chi connectivity index (χ0) is 13.3. The van der Waals surface area contributed by atoms with E-state index in [4.69, 9.17) is 11.6 Å². The van der Waals surface area contributed by atoms with Crippen molar-refractivity contribution in [2.45, 2.75) is 25.6 Å². The van der Waals surface area contributed by atoms with E-state index < -0.39 is 11.7 Å². The maximum absolute atomic E-state index is 12.5. The highest BCUT2D eigenvalue weighted by atomic mass is 35.5. The van der Waals surface area contributed by atoms with Crippen LogP contribution >= 0.6 is 11.6 Å².